The summed E-state index contributed by atoms with van der Waals surface area (Å²) in [5.74, 6) is 1.30. The van der Waals surface area contributed by atoms with Crippen molar-refractivity contribution in [2.24, 2.45) is 0 Å². The van der Waals surface area contributed by atoms with Crippen LogP contribution in [0.4, 0.5) is 0 Å². The summed E-state index contributed by atoms with van der Waals surface area (Å²) in [5.41, 5.74) is 1.33. The first kappa shape index (κ1) is 15.6. The van der Waals surface area contributed by atoms with Gasteiger partial charge in [0.15, 0.2) is 0 Å². The monoisotopic (exact) mass is 325 g/mol. The number of hydrogen-bond donors (Lipinski definition) is 0. The Kier molecular flexibility index (Phi) is 4.76. The highest BCUT2D eigenvalue weighted by molar-refractivity contribution is 7.79. The zero-order valence-corrected chi connectivity index (χ0v) is 14.2. The van der Waals surface area contributed by atoms with Crippen LogP contribution in [-0.2, 0) is 0 Å². The fourth-order valence-corrected chi connectivity index (χ4v) is 5.52. The highest BCUT2D eigenvalue weighted by Gasteiger charge is 2.25. The molecule has 1 saturated carbocycles. The van der Waals surface area contributed by atoms with Crippen LogP contribution in [0.25, 0.3) is 0 Å². The molecule has 0 N–H and O–H groups in total. The van der Waals surface area contributed by atoms with Crippen LogP contribution in [0.2, 0.25) is 0 Å². The van der Waals surface area contributed by atoms with Crippen LogP contribution in [0.3, 0.4) is 0 Å². The fourth-order valence-electron chi connectivity index (χ4n) is 3.05. The lowest BCUT2D eigenvalue weighted by Crippen LogP contribution is -2.24. The Morgan fingerprint density at radius 1 is 0.500 bits per heavy atom. The molecule has 0 saturated heterocycles. The Labute approximate surface area is 146 Å². The van der Waals surface area contributed by atoms with E-state index in [1.165, 1.54) is 27.4 Å². The average Bonchev–Trinajstić information content (AvgIpc) is 3.19. The first-order valence-electron chi connectivity index (χ1n) is 8.15. The first-order chi connectivity index (χ1) is 11.9. The second kappa shape index (κ2) is 7.32. The maximum absolute atomic E-state index is 2.29. The van der Waals surface area contributed by atoms with Crippen molar-refractivity contribution >= 4 is 23.8 Å². The number of benzene rings is 3. The standard InChI is InChI=1S/C23H18P/c1-3-13-20(14-4-1)24(21-15-5-2-6-16-21)23-18-10-9-17-22(23)19-11-7-8-12-19/h1-18H. The van der Waals surface area contributed by atoms with Crippen LogP contribution in [0, 0.1) is 31.6 Å². The van der Waals surface area contributed by atoms with Gasteiger partial charge in [0.1, 0.15) is 0 Å². The van der Waals surface area contributed by atoms with Gasteiger partial charge in [0, 0.05) is 5.92 Å². The molecule has 3 aromatic carbocycles. The minimum absolute atomic E-state index is 0.572. The summed E-state index contributed by atoms with van der Waals surface area (Å²) in [4.78, 5) is 0. The van der Waals surface area contributed by atoms with E-state index in [9.17, 15) is 0 Å². The lowest BCUT2D eigenvalue weighted by molar-refractivity contribution is 1.31. The van der Waals surface area contributed by atoms with Gasteiger partial charge in [0.25, 0.3) is 0 Å². The van der Waals surface area contributed by atoms with E-state index >= 15 is 0 Å². The van der Waals surface area contributed by atoms with Crippen LogP contribution in [0.5, 0.6) is 0 Å². The van der Waals surface area contributed by atoms with Gasteiger partial charge in [0.05, 0.1) is 0 Å². The molecule has 3 aromatic rings. The smallest absolute Gasteiger partial charge is 0.0131 e. The van der Waals surface area contributed by atoms with Gasteiger partial charge in [-0.2, -0.15) is 0 Å². The molecule has 115 valence electrons. The molecule has 0 aliphatic heterocycles. The molecular formula is C23H18P. The zero-order valence-electron chi connectivity index (χ0n) is 13.3. The van der Waals surface area contributed by atoms with E-state index in [1.54, 1.807) is 0 Å². The quantitative estimate of drug-likeness (QED) is 0.631. The molecule has 4 rings (SSSR count). The molecular weight excluding hydrogens is 307 g/mol. The highest BCUT2D eigenvalue weighted by Crippen LogP contribution is 2.38. The van der Waals surface area contributed by atoms with E-state index < -0.39 is 7.92 Å². The third-order valence-electron chi connectivity index (χ3n) is 4.15. The second-order valence-electron chi connectivity index (χ2n) is 5.70. The van der Waals surface area contributed by atoms with E-state index in [4.69, 9.17) is 0 Å². The Hall–Kier alpha value is -1.91. The van der Waals surface area contributed by atoms with Crippen LogP contribution < -0.4 is 15.9 Å². The van der Waals surface area contributed by atoms with E-state index in [2.05, 4.69) is 111 Å². The van der Waals surface area contributed by atoms with E-state index in [1.807, 2.05) is 0 Å². The molecule has 0 nitrogen and oxygen atoms in total. The average molecular weight is 325 g/mol. The third kappa shape index (κ3) is 3.17. The number of rotatable bonds is 4. The van der Waals surface area contributed by atoms with Crippen molar-refractivity contribution in [3.63, 3.8) is 0 Å². The third-order valence-corrected chi connectivity index (χ3v) is 6.65. The van der Waals surface area contributed by atoms with Gasteiger partial charge in [0.2, 0.25) is 0 Å². The topological polar surface area (TPSA) is 0 Å². The zero-order chi connectivity index (χ0) is 16.2. The second-order valence-corrected chi connectivity index (χ2v) is 7.88. The van der Waals surface area contributed by atoms with Crippen molar-refractivity contribution in [2.45, 2.75) is 0 Å². The molecule has 0 bridgehead atoms. The summed E-state index contributed by atoms with van der Waals surface area (Å²) in [6.07, 6.45) is 8.61. The Balaban J connectivity index is 1.86. The Morgan fingerprint density at radius 3 is 1.58 bits per heavy atom. The molecule has 0 amide bonds. The van der Waals surface area contributed by atoms with E-state index in [0.717, 1.165) is 0 Å². The molecule has 0 heterocycles. The minimum Gasteiger partial charge on any atom is -0.0622 e. The Bertz CT molecular complexity index is 734. The molecule has 0 aromatic heterocycles. The minimum atomic E-state index is -0.572. The van der Waals surface area contributed by atoms with Crippen molar-refractivity contribution in [1.82, 2.24) is 0 Å². The van der Waals surface area contributed by atoms with Crippen molar-refractivity contribution in [2.75, 3.05) is 0 Å². The van der Waals surface area contributed by atoms with Crippen molar-refractivity contribution in [3.05, 3.63) is 122 Å². The molecule has 1 fully saturated rings. The molecule has 5 radical (unpaired) electrons. The van der Waals surface area contributed by atoms with E-state index in [0.29, 0.717) is 0 Å². The molecule has 0 spiro atoms. The van der Waals surface area contributed by atoms with Gasteiger partial charge >= 0.3 is 0 Å². The predicted molar refractivity (Wildman–Crippen MR) is 105 cm³/mol. The molecule has 1 aliphatic rings. The summed E-state index contributed by atoms with van der Waals surface area (Å²) in [7, 11) is -0.572. The van der Waals surface area contributed by atoms with E-state index in [-0.39, 0.29) is 0 Å². The summed E-state index contributed by atoms with van der Waals surface area (Å²) >= 11 is 0. The maximum Gasteiger partial charge on any atom is 0.0131 e. The SMILES string of the molecule is [CH]1[CH][CH][C](c2ccccc2P(c2ccccc2)c2ccccc2)[CH]1. The van der Waals surface area contributed by atoms with Gasteiger partial charge in [-0.15, -0.1) is 0 Å². The Morgan fingerprint density at radius 2 is 1.00 bits per heavy atom. The van der Waals surface area contributed by atoms with Gasteiger partial charge in [-0.05, 0) is 55.1 Å². The summed E-state index contributed by atoms with van der Waals surface area (Å²) in [6.45, 7) is 0. The maximum atomic E-state index is 2.29. The largest absolute Gasteiger partial charge is 0.0622 e. The summed E-state index contributed by atoms with van der Waals surface area (Å²) < 4.78 is 0. The summed E-state index contributed by atoms with van der Waals surface area (Å²) in [5, 5.41) is 4.19. The first-order valence-corrected chi connectivity index (χ1v) is 9.49. The predicted octanol–water partition coefficient (Wildman–Crippen LogP) is 4.20. The lowest BCUT2D eigenvalue weighted by atomic mass is 9.98. The van der Waals surface area contributed by atoms with Crippen molar-refractivity contribution < 1.29 is 0 Å². The summed E-state index contributed by atoms with van der Waals surface area (Å²) in [6, 6.07) is 30.5. The van der Waals surface area contributed by atoms with Gasteiger partial charge in [-0.1, -0.05) is 84.9 Å². The normalized spacial score (nSPS) is 15.0. The lowest BCUT2D eigenvalue weighted by Gasteiger charge is -2.24. The molecule has 1 aliphatic carbocycles. The van der Waals surface area contributed by atoms with Crippen LogP contribution >= 0.6 is 7.92 Å². The van der Waals surface area contributed by atoms with Gasteiger partial charge < -0.3 is 0 Å². The highest BCUT2D eigenvalue weighted by atomic mass is 31.1. The van der Waals surface area contributed by atoms with Crippen LogP contribution in [0.15, 0.2) is 84.9 Å². The fraction of sp³-hybridized carbons (Fsp3) is 0. The molecule has 0 atom stereocenters. The van der Waals surface area contributed by atoms with Crippen LogP contribution in [0.1, 0.15) is 5.56 Å². The van der Waals surface area contributed by atoms with Gasteiger partial charge in [-0.3, -0.25) is 0 Å². The van der Waals surface area contributed by atoms with Crippen molar-refractivity contribution in [3.8, 4) is 0 Å². The number of hydrogen-bond acceptors (Lipinski definition) is 0. The molecule has 1 heteroatoms. The molecule has 24 heavy (non-hydrogen) atoms. The van der Waals surface area contributed by atoms with Gasteiger partial charge in [-0.25, -0.2) is 0 Å². The van der Waals surface area contributed by atoms with Crippen molar-refractivity contribution in [1.29, 1.82) is 0 Å². The van der Waals surface area contributed by atoms with Crippen LogP contribution in [-0.4, -0.2) is 0 Å². The molecule has 0 unspecified atom stereocenters.